The Morgan fingerprint density at radius 3 is 2.04 bits per heavy atom. The molecule has 150 valence electrons. The average molecular weight is 382 g/mol. The number of hydrogen-bond acceptors (Lipinski definition) is 1. The summed E-state index contributed by atoms with van der Waals surface area (Å²) in [4.78, 5) is 15.7. The highest BCUT2D eigenvalue weighted by Gasteiger charge is 2.25. The molecule has 0 unspecified atom stereocenters. The van der Waals surface area contributed by atoms with Crippen molar-refractivity contribution in [2.75, 3.05) is 38.0 Å². The summed E-state index contributed by atoms with van der Waals surface area (Å²) in [5, 5.41) is 3.22. The standard InChI is InChI=1S/C24H33N3O/c1-4-20-11-8-12-21(5-2)24(20)25-23(28)18-27-15-13-26(14-16-27)17-22-10-7-6-9-19(22)3/h6-12H,4-5,13-18H2,1-3H3,(H,25,28)/p+2. The van der Waals surface area contributed by atoms with E-state index in [4.69, 9.17) is 0 Å². The molecule has 2 aromatic carbocycles. The zero-order valence-corrected chi connectivity index (χ0v) is 17.6. The highest BCUT2D eigenvalue weighted by atomic mass is 16.2. The second-order valence-electron chi connectivity index (χ2n) is 7.99. The van der Waals surface area contributed by atoms with E-state index in [1.165, 1.54) is 27.2 Å². The number of benzene rings is 2. The first-order chi connectivity index (χ1) is 13.6. The van der Waals surface area contributed by atoms with E-state index in [1.54, 1.807) is 4.90 Å². The number of rotatable bonds is 7. The fraction of sp³-hybridized carbons (Fsp3) is 0.458. The number of anilines is 1. The number of aryl methyl sites for hydroxylation is 3. The van der Waals surface area contributed by atoms with E-state index in [1.807, 2.05) is 0 Å². The normalized spacial score (nSPS) is 19.4. The number of nitrogens with one attached hydrogen (secondary N) is 3. The van der Waals surface area contributed by atoms with Crippen molar-refractivity contribution in [3.8, 4) is 0 Å². The molecule has 1 amide bonds. The van der Waals surface area contributed by atoms with Gasteiger partial charge in [-0.2, -0.15) is 0 Å². The maximum Gasteiger partial charge on any atom is 0.279 e. The second kappa shape index (κ2) is 9.85. The first kappa shape index (κ1) is 20.6. The molecule has 0 saturated carbocycles. The van der Waals surface area contributed by atoms with Gasteiger partial charge in [-0.25, -0.2) is 0 Å². The van der Waals surface area contributed by atoms with Gasteiger partial charge in [-0.3, -0.25) is 4.79 Å². The van der Waals surface area contributed by atoms with Crippen LogP contribution in [0, 0.1) is 6.92 Å². The van der Waals surface area contributed by atoms with Crippen molar-refractivity contribution >= 4 is 11.6 Å². The molecule has 1 aliphatic rings. The van der Waals surface area contributed by atoms with E-state index in [9.17, 15) is 4.79 Å². The van der Waals surface area contributed by atoms with Crippen LogP contribution in [0.25, 0.3) is 0 Å². The molecule has 0 aliphatic carbocycles. The first-order valence-corrected chi connectivity index (χ1v) is 10.7. The van der Waals surface area contributed by atoms with Crippen LogP contribution in [0.3, 0.4) is 0 Å². The van der Waals surface area contributed by atoms with Crippen LogP contribution in [0.5, 0.6) is 0 Å². The second-order valence-corrected chi connectivity index (χ2v) is 7.99. The monoisotopic (exact) mass is 381 g/mol. The maximum atomic E-state index is 12.7. The van der Waals surface area contributed by atoms with Gasteiger partial charge in [-0.1, -0.05) is 56.3 Å². The van der Waals surface area contributed by atoms with Crippen LogP contribution in [-0.4, -0.2) is 38.6 Å². The molecule has 3 rings (SSSR count). The number of amides is 1. The molecule has 4 nitrogen and oxygen atoms in total. The number of piperazine rings is 1. The van der Waals surface area contributed by atoms with Crippen LogP contribution >= 0.6 is 0 Å². The van der Waals surface area contributed by atoms with Crippen molar-refractivity contribution in [3.63, 3.8) is 0 Å². The van der Waals surface area contributed by atoms with E-state index in [0.717, 1.165) is 51.3 Å². The largest absolute Gasteiger partial charge is 0.322 e. The van der Waals surface area contributed by atoms with Gasteiger partial charge in [-0.05, 0) is 36.5 Å². The molecule has 0 atom stereocenters. The Labute approximate surface area is 169 Å². The van der Waals surface area contributed by atoms with Crippen molar-refractivity contribution in [2.45, 2.75) is 40.2 Å². The fourth-order valence-electron chi connectivity index (χ4n) is 4.20. The summed E-state index contributed by atoms with van der Waals surface area (Å²) in [6.45, 7) is 12.5. The Morgan fingerprint density at radius 1 is 0.857 bits per heavy atom. The third kappa shape index (κ3) is 5.21. The van der Waals surface area contributed by atoms with Crippen LogP contribution in [0.15, 0.2) is 42.5 Å². The topological polar surface area (TPSA) is 38.0 Å². The molecule has 28 heavy (non-hydrogen) atoms. The van der Waals surface area contributed by atoms with Crippen LogP contribution in [0.4, 0.5) is 5.69 Å². The maximum absolute atomic E-state index is 12.7. The Balaban J connectivity index is 1.51. The van der Waals surface area contributed by atoms with Gasteiger partial charge in [0.05, 0.1) is 0 Å². The van der Waals surface area contributed by atoms with Gasteiger partial charge in [0.15, 0.2) is 6.54 Å². The Kier molecular flexibility index (Phi) is 7.24. The SMILES string of the molecule is CCc1cccc(CC)c1NC(=O)C[NH+]1CC[NH+](Cc2ccccc2C)CC1. The highest BCUT2D eigenvalue weighted by Crippen LogP contribution is 2.22. The summed E-state index contributed by atoms with van der Waals surface area (Å²) in [5.41, 5.74) is 6.33. The van der Waals surface area contributed by atoms with Gasteiger partial charge in [0, 0.05) is 11.3 Å². The lowest BCUT2D eigenvalue weighted by atomic mass is 10.0. The Morgan fingerprint density at radius 2 is 1.43 bits per heavy atom. The third-order valence-electron chi connectivity index (χ3n) is 6.04. The molecule has 2 aromatic rings. The molecule has 1 saturated heterocycles. The summed E-state index contributed by atoms with van der Waals surface area (Å²) in [6.07, 6.45) is 1.88. The van der Waals surface area contributed by atoms with E-state index in [-0.39, 0.29) is 5.91 Å². The summed E-state index contributed by atoms with van der Waals surface area (Å²) in [6, 6.07) is 15.0. The average Bonchev–Trinajstić information content (AvgIpc) is 2.71. The lowest BCUT2D eigenvalue weighted by molar-refractivity contribution is -1.02. The summed E-state index contributed by atoms with van der Waals surface area (Å²) < 4.78 is 0. The van der Waals surface area contributed by atoms with Gasteiger partial charge >= 0.3 is 0 Å². The quantitative estimate of drug-likeness (QED) is 0.659. The van der Waals surface area contributed by atoms with Gasteiger partial charge in [0.2, 0.25) is 0 Å². The van der Waals surface area contributed by atoms with E-state index < -0.39 is 0 Å². The zero-order chi connectivity index (χ0) is 19.9. The van der Waals surface area contributed by atoms with Gasteiger partial charge in [0.25, 0.3) is 5.91 Å². The lowest BCUT2D eigenvalue weighted by Crippen LogP contribution is -3.28. The molecular weight excluding hydrogens is 346 g/mol. The number of para-hydroxylation sites is 1. The molecule has 0 bridgehead atoms. The summed E-state index contributed by atoms with van der Waals surface area (Å²) in [7, 11) is 0. The van der Waals surface area contributed by atoms with Crippen LogP contribution < -0.4 is 15.1 Å². The molecule has 1 fully saturated rings. The first-order valence-electron chi connectivity index (χ1n) is 10.7. The molecule has 0 spiro atoms. The third-order valence-corrected chi connectivity index (χ3v) is 6.04. The predicted octanol–water partition coefficient (Wildman–Crippen LogP) is 1.04. The molecule has 0 aromatic heterocycles. The smallest absolute Gasteiger partial charge is 0.279 e. The Hall–Kier alpha value is -2.17. The van der Waals surface area contributed by atoms with Crippen molar-refractivity contribution in [1.82, 2.24) is 0 Å². The number of hydrogen-bond donors (Lipinski definition) is 3. The molecule has 3 N–H and O–H groups in total. The number of quaternary nitrogens is 2. The summed E-state index contributed by atoms with van der Waals surface area (Å²) >= 11 is 0. The number of carbonyl (C=O) groups excluding carboxylic acids is 1. The van der Waals surface area contributed by atoms with Crippen molar-refractivity contribution in [3.05, 3.63) is 64.7 Å². The van der Waals surface area contributed by atoms with E-state index in [2.05, 4.69) is 68.6 Å². The van der Waals surface area contributed by atoms with Crippen LogP contribution in [0.1, 0.15) is 36.1 Å². The van der Waals surface area contributed by atoms with Crippen LogP contribution in [0.2, 0.25) is 0 Å². The number of carbonyl (C=O) groups is 1. The van der Waals surface area contributed by atoms with Gasteiger partial charge in [0.1, 0.15) is 32.7 Å². The Bertz CT molecular complexity index is 772. The minimum Gasteiger partial charge on any atom is -0.322 e. The molecular formula is C24H35N3O+2. The highest BCUT2D eigenvalue weighted by molar-refractivity contribution is 5.93. The van der Waals surface area contributed by atoms with Gasteiger partial charge < -0.3 is 15.1 Å². The molecule has 1 aliphatic heterocycles. The van der Waals surface area contributed by atoms with Crippen molar-refractivity contribution < 1.29 is 14.6 Å². The van der Waals surface area contributed by atoms with E-state index >= 15 is 0 Å². The lowest BCUT2D eigenvalue weighted by Gasteiger charge is -2.29. The minimum atomic E-state index is 0.146. The molecule has 4 heteroatoms. The van der Waals surface area contributed by atoms with Gasteiger partial charge in [-0.15, -0.1) is 0 Å². The van der Waals surface area contributed by atoms with E-state index in [0.29, 0.717) is 6.54 Å². The summed E-state index contributed by atoms with van der Waals surface area (Å²) in [5.74, 6) is 0.146. The molecule has 0 radical (unpaired) electrons. The van der Waals surface area contributed by atoms with Crippen molar-refractivity contribution in [2.24, 2.45) is 0 Å². The fourth-order valence-corrected chi connectivity index (χ4v) is 4.20. The van der Waals surface area contributed by atoms with Crippen molar-refractivity contribution in [1.29, 1.82) is 0 Å². The zero-order valence-electron chi connectivity index (χ0n) is 17.6. The van der Waals surface area contributed by atoms with Crippen LogP contribution in [-0.2, 0) is 24.2 Å². The predicted molar refractivity (Wildman–Crippen MR) is 115 cm³/mol. The molecule has 1 heterocycles. The minimum absolute atomic E-state index is 0.146.